The van der Waals surface area contributed by atoms with Gasteiger partial charge in [-0.15, -0.1) is 0 Å². The molecule has 31 heavy (non-hydrogen) atoms. The van der Waals surface area contributed by atoms with Crippen LogP contribution in [0.15, 0.2) is 0 Å². The summed E-state index contributed by atoms with van der Waals surface area (Å²) in [4.78, 5) is 0. The summed E-state index contributed by atoms with van der Waals surface area (Å²) < 4.78 is 0. The fraction of sp³-hybridized carbons (Fsp3) is 1.00. The van der Waals surface area contributed by atoms with Crippen LogP contribution < -0.4 is 0 Å². The highest BCUT2D eigenvalue weighted by atomic mass is 32.2. The van der Waals surface area contributed by atoms with Crippen molar-refractivity contribution in [2.45, 2.75) is 117 Å². The Balaban J connectivity index is 1.33. The Kier molecular flexibility index (Phi) is 5.51. The maximum Gasteiger partial charge on any atom is 0.112 e. The Morgan fingerprint density at radius 3 is 2.29 bits per heavy atom. The van der Waals surface area contributed by atoms with E-state index in [1.54, 1.807) is 0 Å². The largest absolute Gasteiger partial charge is 0.393 e. The van der Waals surface area contributed by atoms with E-state index in [0.29, 0.717) is 27.1 Å². The first-order valence-electron chi connectivity index (χ1n) is 13.8. The predicted octanol–water partition coefficient (Wildman–Crippen LogP) is 7.08. The van der Waals surface area contributed by atoms with Crippen molar-refractivity contribution in [3.05, 3.63) is 0 Å². The third kappa shape index (κ3) is 3.05. The smallest absolute Gasteiger partial charge is 0.112 e. The molecule has 0 amide bonds. The molecule has 10 atom stereocenters. The zero-order valence-electron chi connectivity index (χ0n) is 21.7. The first kappa shape index (κ1) is 23.1. The Labute approximate surface area is 196 Å². The SMILES string of the molecule is CC(C)[S+](C)CC[C@@H](C)[C@H]1CC[C@H]2[C@@H]3CC[C@H]4C(C)(C)[C@@H](O)CC[C@@]45C[C@@]35CC[C@]12C. The highest BCUT2D eigenvalue weighted by Gasteiger charge is 2.80. The summed E-state index contributed by atoms with van der Waals surface area (Å²) in [6.07, 6.45) is 16.7. The van der Waals surface area contributed by atoms with E-state index in [-0.39, 0.29) is 11.5 Å². The van der Waals surface area contributed by atoms with E-state index < -0.39 is 0 Å². The molecule has 0 aromatic heterocycles. The minimum absolute atomic E-state index is 0.0724. The molecular formula is C29H51OS+. The van der Waals surface area contributed by atoms with Crippen LogP contribution in [0, 0.1) is 51.2 Å². The Morgan fingerprint density at radius 2 is 1.58 bits per heavy atom. The van der Waals surface area contributed by atoms with Gasteiger partial charge in [0.25, 0.3) is 0 Å². The van der Waals surface area contributed by atoms with Crippen molar-refractivity contribution in [3.63, 3.8) is 0 Å². The second kappa shape index (κ2) is 7.40. The van der Waals surface area contributed by atoms with E-state index in [2.05, 4.69) is 47.8 Å². The fourth-order valence-corrected chi connectivity index (χ4v) is 11.9. The summed E-state index contributed by atoms with van der Waals surface area (Å²) >= 11 is 0. The summed E-state index contributed by atoms with van der Waals surface area (Å²) in [6.45, 7) is 15.0. The molecule has 0 aliphatic heterocycles. The molecule has 2 heteroatoms. The van der Waals surface area contributed by atoms with Gasteiger partial charge >= 0.3 is 0 Å². The summed E-state index contributed by atoms with van der Waals surface area (Å²) in [6, 6.07) is 0. The zero-order chi connectivity index (χ0) is 22.4. The van der Waals surface area contributed by atoms with Crippen molar-refractivity contribution in [3.8, 4) is 0 Å². The Morgan fingerprint density at radius 1 is 0.871 bits per heavy atom. The first-order valence-corrected chi connectivity index (χ1v) is 15.7. The van der Waals surface area contributed by atoms with Crippen LogP contribution in [0.4, 0.5) is 0 Å². The number of aliphatic hydroxyl groups is 1. The molecule has 5 fully saturated rings. The molecule has 5 aliphatic rings. The third-order valence-corrected chi connectivity index (χ3v) is 15.2. The van der Waals surface area contributed by atoms with Crippen molar-refractivity contribution in [1.29, 1.82) is 0 Å². The molecule has 5 saturated carbocycles. The Hall–Kier alpha value is 0.310. The van der Waals surface area contributed by atoms with Crippen LogP contribution in [0.1, 0.15) is 106 Å². The molecule has 1 unspecified atom stereocenters. The molecule has 178 valence electrons. The van der Waals surface area contributed by atoms with Gasteiger partial charge in [0.2, 0.25) is 0 Å². The number of hydrogen-bond acceptors (Lipinski definition) is 1. The second-order valence-corrected chi connectivity index (χ2v) is 16.8. The minimum atomic E-state index is -0.0724. The van der Waals surface area contributed by atoms with Crippen molar-refractivity contribution < 1.29 is 5.11 Å². The lowest BCUT2D eigenvalue weighted by Crippen LogP contribution is -2.54. The van der Waals surface area contributed by atoms with Gasteiger partial charge in [-0.1, -0.05) is 27.7 Å². The molecule has 1 N–H and O–H groups in total. The van der Waals surface area contributed by atoms with Gasteiger partial charge in [0.1, 0.15) is 11.0 Å². The third-order valence-electron chi connectivity index (χ3n) is 12.7. The maximum atomic E-state index is 10.8. The minimum Gasteiger partial charge on any atom is -0.393 e. The van der Waals surface area contributed by atoms with E-state index in [1.807, 2.05) is 0 Å². The lowest BCUT2D eigenvalue weighted by molar-refractivity contribution is -0.133. The summed E-state index contributed by atoms with van der Waals surface area (Å²) in [5.41, 5.74) is 2.02. The number of hydrogen-bond donors (Lipinski definition) is 1. The molecule has 5 aliphatic carbocycles. The molecule has 0 saturated heterocycles. The normalized spacial score (nSPS) is 52.0. The molecular weight excluding hydrogens is 396 g/mol. The summed E-state index contributed by atoms with van der Waals surface area (Å²) in [5, 5.41) is 11.7. The molecule has 1 nitrogen and oxygen atoms in total. The van der Waals surface area contributed by atoms with Gasteiger partial charge < -0.3 is 5.11 Å². The van der Waals surface area contributed by atoms with Gasteiger partial charge in [0.05, 0.1) is 12.4 Å². The lowest BCUT2D eigenvalue weighted by atomic mass is 9.46. The van der Waals surface area contributed by atoms with Crippen molar-refractivity contribution in [2.75, 3.05) is 12.0 Å². The van der Waals surface area contributed by atoms with E-state index in [9.17, 15) is 5.11 Å². The van der Waals surface area contributed by atoms with Crippen LogP contribution in [0.3, 0.4) is 0 Å². The lowest BCUT2D eigenvalue weighted by Gasteiger charge is -2.59. The average Bonchev–Trinajstić information content (AvgIpc) is 3.25. The predicted molar refractivity (Wildman–Crippen MR) is 135 cm³/mol. The molecule has 0 aromatic rings. The standard InChI is InChI=1S/C29H51OS/c1-19(2)31(7)17-13-20(3)21-8-9-22-23-10-11-24-26(4,5)25(30)12-14-29(24)18-28(23,29)16-15-27(21,22)6/h19-25,30H,8-18H2,1-7H3/q+1/t20-,21-,22+,23+,24+,25+,27-,28+,29-,31?/m1/s1. The van der Waals surface area contributed by atoms with E-state index in [4.69, 9.17) is 0 Å². The van der Waals surface area contributed by atoms with Crippen LogP contribution >= 0.6 is 0 Å². The highest BCUT2D eigenvalue weighted by molar-refractivity contribution is 7.96. The topological polar surface area (TPSA) is 20.2 Å². The van der Waals surface area contributed by atoms with Gasteiger partial charge in [-0.05, 0) is 140 Å². The molecule has 5 rings (SSSR count). The van der Waals surface area contributed by atoms with Gasteiger partial charge in [0.15, 0.2) is 0 Å². The first-order chi connectivity index (χ1) is 14.5. The maximum absolute atomic E-state index is 10.8. The van der Waals surface area contributed by atoms with E-state index in [1.165, 1.54) is 63.5 Å². The van der Waals surface area contributed by atoms with Crippen LogP contribution in [0.5, 0.6) is 0 Å². The van der Waals surface area contributed by atoms with Crippen molar-refractivity contribution in [2.24, 2.45) is 51.2 Å². The monoisotopic (exact) mass is 447 g/mol. The zero-order valence-corrected chi connectivity index (χ0v) is 22.5. The van der Waals surface area contributed by atoms with Crippen LogP contribution in [0.25, 0.3) is 0 Å². The number of aliphatic hydroxyl groups excluding tert-OH is 1. The van der Waals surface area contributed by atoms with Crippen molar-refractivity contribution in [1.82, 2.24) is 0 Å². The molecule has 0 radical (unpaired) electrons. The van der Waals surface area contributed by atoms with Gasteiger partial charge in [-0.3, -0.25) is 0 Å². The summed E-state index contributed by atoms with van der Waals surface area (Å²) in [5.74, 6) is 6.10. The molecule has 0 aromatic carbocycles. The van der Waals surface area contributed by atoms with Crippen molar-refractivity contribution >= 4 is 10.9 Å². The molecule has 0 heterocycles. The van der Waals surface area contributed by atoms with E-state index >= 15 is 0 Å². The van der Waals surface area contributed by atoms with Crippen LogP contribution in [0.2, 0.25) is 0 Å². The molecule has 0 bridgehead atoms. The van der Waals surface area contributed by atoms with Crippen LogP contribution in [-0.4, -0.2) is 28.5 Å². The highest BCUT2D eigenvalue weighted by Crippen LogP contribution is 2.87. The number of rotatable bonds is 5. The van der Waals surface area contributed by atoms with E-state index in [0.717, 1.165) is 41.3 Å². The van der Waals surface area contributed by atoms with Crippen LogP contribution in [-0.2, 0) is 10.9 Å². The number of fused-ring (bicyclic) bond motifs is 2. The Bertz CT molecular complexity index is 701. The second-order valence-electron chi connectivity index (χ2n) is 14.1. The molecule has 2 spiro atoms. The average molecular weight is 448 g/mol. The quantitative estimate of drug-likeness (QED) is 0.446. The fourth-order valence-electron chi connectivity index (χ4n) is 10.7. The summed E-state index contributed by atoms with van der Waals surface area (Å²) in [7, 11) is 0.591. The van der Waals surface area contributed by atoms with Gasteiger partial charge in [-0.25, -0.2) is 0 Å². The van der Waals surface area contributed by atoms with Gasteiger partial charge in [-0.2, -0.15) is 0 Å². The van der Waals surface area contributed by atoms with Gasteiger partial charge in [0, 0.05) is 0 Å².